The first kappa shape index (κ1) is 17.5. The molecule has 7 nitrogen and oxygen atoms in total. The maximum Gasteiger partial charge on any atom is 0.324 e. The van der Waals surface area contributed by atoms with Gasteiger partial charge >= 0.3 is 6.03 Å². The van der Waals surface area contributed by atoms with Gasteiger partial charge in [-0.3, -0.25) is 14.5 Å². The lowest BCUT2D eigenvalue weighted by Gasteiger charge is -2.39. The average molecular weight is 366 g/mol. The number of urea groups is 1. The lowest BCUT2D eigenvalue weighted by molar-refractivity contribution is -0.142. The van der Waals surface area contributed by atoms with E-state index in [4.69, 9.17) is 16.3 Å². The van der Waals surface area contributed by atoms with Crippen molar-refractivity contribution < 1.29 is 19.1 Å². The molecule has 3 rings (SSSR count). The van der Waals surface area contributed by atoms with Gasteiger partial charge in [-0.2, -0.15) is 0 Å². The number of amides is 4. The molecule has 2 heterocycles. The van der Waals surface area contributed by atoms with Crippen molar-refractivity contribution in [3.05, 3.63) is 29.3 Å². The minimum atomic E-state index is -0.764. The highest BCUT2D eigenvalue weighted by Gasteiger charge is 2.41. The van der Waals surface area contributed by atoms with Crippen molar-refractivity contribution in [2.45, 2.75) is 31.9 Å². The van der Waals surface area contributed by atoms with E-state index in [9.17, 15) is 14.4 Å². The Bertz CT molecular complexity index is 690. The van der Waals surface area contributed by atoms with Crippen molar-refractivity contribution >= 4 is 29.4 Å². The topological polar surface area (TPSA) is 79.0 Å². The van der Waals surface area contributed by atoms with E-state index in [1.54, 1.807) is 23.1 Å². The number of likely N-dealkylation sites (tertiary alicyclic amines) is 1. The molecule has 1 aromatic carbocycles. The predicted molar refractivity (Wildman–Crippen MR) is 91.4 cm³/mol. The number of nitrogens with zero attached hydrogens (tertiary/aromatic N) is 2. The molecule has 2 saturated heterocycles. The molecular weight excluding hydrogens is 346 g/mol. The van der Waals surface area contributed by atoms with Crippen molar-refractivity contribution in [1.82, 2.24) is 15.1 Å². The van der Waals surface area contributed by atoms with Crippen molar-refractivity contribution in [1.29, 1.82) is 0 Å². The molecule has 0 aromatic heterocycles. The number of carbonyl (C=O) groups excluding carboxylic acids is 3. The number of ether oxygens (including phenoxy) is 1. The third-order valence-corrected chi connectivity index (χ3v) is 4.47. The van der Waals surface area contributed by atoms with Gasteiger partial charge in [-0.15, -0.1) is 0 Å². The molecule has 1 atom stereocenters. The Kier molecular flexibility index (Phi) is 5.13. The molecule has 8 heteroatoms. The highest BCUT2D eigenvalue weighted by atomic mass is 35.5. The van der Waals surface area contributed by atoms with Gasteiger partial charge in [-0.05, 0) is 24.6 Å². The summed E-state index contributed by atoms with van der Waals surface area (Å²) in [4.78, 5) is 38.9. The highest BCUT2D eigenvalue weighted by Crippen LogP contribution is 2.22. The molecule has 25 heavy (non-hydrogen) atoms. The average Bonchev–Trinajstić information content (AvgIpc) is 2.78. The molecule has 0 unspecified atom stereocenters. The monoisotopic (exact) mass is 365 g/mol. The van der Waals surface area contributed by atoms with Crippen molar-refractivity contribution in [3.8, 4) is 5.75 Å². The summed E-state index contributed by atoms with van der Waals surface area (Å²) in [5.41, 5.74) is 0. The maximum absolute atomic E-state index is 12.3. The van der Waals surface area contributed by atoms with E-state index < -0.39 is 12.1 Å². The Balaban J connectivity index is 1.46. The molecule has 2 aliphatic rings. The molecule has 1 N–H and O–H groups in total. The quantitative estimate of drug-likeness (QED) is 0.777. The summed E-state index contributed by atoms with van der Waals surface area (Å²) < 4.78 is 5.75. The van der Waals surface area contributed by atoms with Crippen LogP contribution in [0, 0.1) is 0 Å². The number of rotatable bonds is 6. The fourth-order valence-corrected chi connectivity index (χ4v) is 3.08. The van der Waals surface area contributed by atoms with E-state index in [1.165, 1.54) is 4.90 Å². The van der Waals surface area contributed by atoms with Crippen LogP contribution in [-0.2, 0) is 9.59 Å². The molecule has 4 amide bonds. The summed E-state index contributed by atoms with van der Waals surface area (Å²) in [6.45, 7) is 3.17. The fraction of sp³-hybridized carbons (Fsp3) is 0.471. The van der Waals surface area contributed by atoms with Gasteiger partial charge in [-0.25, -0.2) is 4.79 Å². The number of nitrogens with one attached hydrogen (secondary N) is 1. The van der Waals surface area contributed by atoms with E-state index in [0.717, 1.165) is 0 Å². The smallest absolute Gasteiger partial charge is 0.324 e. The first-order valence-corrected chi connectivity index (χ1v) is 8.67. The third-order valence-electron chi connectivity index (χ3n) is 4.23. The lowest BCUT2D eigenvalue weighted by Crippen LogP contribution is -2.57. The summed E-state index contributed by atoms with van der Waals surface area (Å²) in [7, 11) is 0. The first-order chi connectivity index (χ1) is 12.0. The summed E-state index contributed by atoms with van der Waals surface area (Å²) in [6, 6.07) is 5.91. The van der Waals surface area contributed by atoms with Crippen LogP contribution in [0.5, 0.6) is 5.75 Å². The van der Waals surface area contributed by atoms with Crippen molar-refractivity contribution in [3.63, 3.8) is 0 Å². The Morgan fingerprint density at radius 3 is 2.80 bits per heavy atom. The molecule has 0 bridgehead atoms. The third kappa shape index (κ3) is 3.87. The predicted octanol–water partition coefficient (Wildman–Crippen LogP) is 1.65. The van der Waals surface area contributed by atoms with Gasteiger partial charge in [0.1, 0.15) is 17.9 Å². The molecule has 2 aliphatic heterocycles. The number of imide groups is 1. The molecular formula is C17H20ClN3O4. The number of carbonyl (C=O) groups is 3. The molecule has 0 aliphatic carbocycles. The van der Waals surface area contributed by atoms with Crippen LogP contribution in [0.15, 0.2) is 24.3 Å². The zero-order valence-electron chi connectivity index (χ0n) is 13.9. The second-order valence-electron chi connectivity index (χ2n) is 6.19. The Labute approximate surface area is 150 Å². The summed E-state index contributed by atoms with van der Waals surface area (Å²) >= 11 is 5.91. The SMILES string of the molecule is CCCN1C(=O)N[C@@H](CC(=O)N2CC(Oc3cccc(Cl)c3)C2)C1=O. The molecule has 134 valence electrons. The van der Waals surface area contributed by atoms with Gasteiger partial charge in [0.2, 0.25) is 5.91 Å². The molecule has 0 saturated carbocycles. The summed E-state index contributed by atoms with van der Waals surface area (Å²) in [6.07, 6.45) is 0.580. The van der Waals surface area contributed by atoms with Gasteiger partial charge in [0, 0.05) is 11.6 Å². The van der Waals surface area contributed by atoms with Crippen LogP contribution in [0.2, 0.25) is 5.02 Å². The second kappa shape index (κ2) is 7.31. The van der Waals surface area contributed by atoms with E-state index in [2.05, 4.69) is 5.32 Å². The van der Waals surface area contributed by atoms with Gasteiger partial charge < -0.3 is 15.0 Å². The van der Waals surface area contributed by atoms with Gasteiger partial charge in [0.05, 0.1) is 19.5 Å². The van der Waals surface area contributed by atoms with Crippen molar-refractivity contribution in [2.24, 2.45) is 0 Å². The lowest BCUT2D eigenvalue weighted by atomic mass is 10.1. The summed E-state index contributed by atoms with van der Waals surface area (Å²) in [5.74, 6) is 0.174. The van der Waals surface area contributed by atoms with Crippen LogP contribution in [0.4, 0.5) is 4.79 Å². The molecule has 0 spiro atoms. The van der Waals surface area contributed by atoms with Crippen LogP contribution in [0.25, 0.3) is 0 Å². The highest BCUT2D eigenvalue weighted by molar-refractivity contribution is 6.30. The van der Waals surface area contributed by atoms with Gasteiger partial charge in [0.25, 0.3) is 5.91 Å². The maximum atomic E-state index is 12.3. The van der Waals surface area contributed by atoms with Crippen LogP contribution in [0.3, 0.4) is 0 Å². The minimum absolute atomic E-state index is 0.0192. The number of hydrogen-bond acceptors (Lipinski definition) is 4. The standard InChI is InChI=1S/C17H20ClN3O4/c1-2-6-21-16(23)14(19-17(21)24)8-15(22)20-9-13(10-20)25-12-5-3-4-11(18)7-12/h3-5,7,13-14H,2,6,8-10H2,1H3,(H,19,24)/t14-/m0/s1. The number of hydrogen-bond donors (Lipinski definition) is 1. The minimum Gasteiger partial charge on any atom is -0.487 e. The Morgan fingerprint density at radius 1 is 1.36 bits per heavy atom. The van der Waals surface area contributed by atoms with Crippen LogP contribution < -0.4 is 10.1 Å². The fourth-order valence-electron chi connectivity index (χ4n) is 2.90. The van der Waals surface area contributed by atoms with Crippen molar-refractivity contribution in [2.75, 3.05) is 19.6 Å². The second-order valence-corrected chi connectivity index (χ2v) is 6.63. The molecule has 2 fully saturated rings. The van der Waals surface area contributed by atoms with E-state index >= 15 is 0 Å². The Hall–Kier alpha value is -2.28. The number of benzene rings is 1. The normalized spacial score (nSPS) is 20.5. The van der Waals surface area contributed by atoms with Crippen LogP contribution >= 0.6 is 11.6 Å². The Morgan fingerprint density at radius 2 is 2.12 bits per heavy atom. The molecule has 1 aromatic rings. The van der Waals surface area contributed by atoms with E-state index in [1.807, 2.05) is 13.0 Å². The van der Waals surface area contributed by atoms with Crippen LogP contribution in [0.1, 0.15) is 19.8 Å². The zero-order valence-corrected chi connectivity index (χ0v) is 14.7. The first-order valence-electron chi connectivity index (χ1n) is 8.29. The van der Waals surface area contributed by atoms with E-state index in [-0.39, 0.29) is 24.3 Å². The number of halogens is 1. The van der Waals surface area contributed by atoms with Gasteiger partial charge in [0.15, 0.2) is 0 Å². The van der Waals surface area contributed by atoms with Gasteiger partial charge in [-0.1, -0.05) is 24.6 Å². The molecule has 0 radical (unpaired) electrons. The van der Waals surface area contributed by atoms with E-state index in [0.29, 0.717) is 36.8 Å². The summed E-state index contributed by atoms with van der Waals surface area (Å²) in [5, 5.41) is 3.17. The largest absolute Gasteiger partial charge is 0.487 e. The van der Waals surface area contributed by atoms with Crippen LogP contribution in [-0.4, -0.2) is 59.4 Å². The zero-order chi connectivity index (χ0) is 18.0.